The summed E-state index contributed by atoms with van der Waals surface area (Å²) in [5.74, 6) is -0.423. The summed E-state index contributed by atoms with van der Waals surface area (Å²) in [5.41, 5.74) is 9.29. The minimum absolute atomic E-state index is 0.0859. The lowest BCUT2D eigenvalue weighted by molar-refractivity contribution is 0.0996. The lowest BCUT2D eigenvalue weighted by Crippen LogP contribution is -2.58. The van der Waals surface area contributed by atoms with E-state index in [0.29, 0.717) is 5.56 Å². The van der Waals surface area contributed by atoms with Gasteiger partial charge in [-0.1, -0.05) is 26.0 Å². The normalized spacial score (nSPS) is 19.6. The van der Waals surface area contributed by atoms with Gasteiger partial charge in [0.1, 0.15) is 12.1 Å². The number of carbonyl (C=O) groups excluding carboxylic acids is 1. The van der Waals surface area contributed by atoms with Gasteiger partial charge in [-0.25, -0.2) is 0 Å². The molecule has 0 spiro atoms. The number of anilines is 1. The number of fused-ring (bicyclic) bond motifs is 1. The highest BCUT2D eigenvalue weighted by atomic mass is 16.1. The van der Waals surface area contributed by atoms with Gasteiger partial charge in [0.15, 0.2) is 0 Å². The fraction of sp³-hybridized carbons (Fsp3) is 0.462. The zero-order valence-corrected chi connectivity index (χ0v) is 20.8. The number of nitrogens with zero attached hydrogens (tertiary/aromatic N) is 6. The maximum Gasteiger partial charge on any atom is 0.252 e. The van der Waals surface area contributed by atoms with E-state index in [1.54, 1.807) is 40.7 Å². The maximum atomic E-state index is 12.8. The number of benzene rings is 1. The van der Waals surface area contributed by atoms with E-state index in [1.165, 1.54) is 0 Å². The predicted molar refractivity (Wildman–Crippen MR) is 136 cm³/mol. The van der Waals surface area contributed by atoms with Crippen LogP contribution in [0.25, 0.3) is 11.0 Å². The van der Waals surface area contributed by atoms with Crippen molar-refractivity contribution in [2.75, 3.05) is 18.0 Å². The highest BCUT2D eigenvalue weighted by Crippen LogP contribution is 2.34. The molecular weight excluding hydrogens is 442 g/mol. The summed E-state index contributed by atoms with van der Waals surface area (Å²) >= 11 is 0. The number of nitriles is 1. The van der Waals surface area contributed by atoms with E-state index in [0.717, 1.165) is 48.2 Å². The molecule has 1 aliphatic heterocycles. The molecule has 2 N–H and O–H groups in total. The molecule has 184 valence electrons. The maximum absolute atomic E-state index is 12.8. The number of aryl methyl sites for hydroxylation is 1. The lowest BCUT2D eigenvalue weighted by Gasteiger charge is -2.49. The van der Waals surface area contributed by atoms with Gasteiger partial charge in [0, 0.05) is 49.9 Å². The van der Waals surface area contributed by atoms with Crippen LogP contribution >= 0.6 is 0 Å². The molecule has 1 fully saturated rings. The standard InChI is InChI=1S/C26H33N7O2/c1-5-20-15-33(22-13-24(34)30(4)23-16-31(12-11-27)29-25(22)23)21(6-2)14-32(20)17(3)18-7-9-19(10-8-18)26(28)35/h7-10,13,16-17,20-21H,5-6,12,14-15H2,1-4H3,(H2,28,35)/t17-,20+,21-/m0/s1. The number of carbonyl (C=O) groups is 1. The van der Waals surface area contributed by atoms with Gasteiger partial charge in [0.2, 0.25) is 5.91 Å². The number of aromatic nitrogens is 3. The number of primary amides is 1. The van der Waals surface area contributed by atoms with Crippen LogP contribution in [0.4, 0.5) is 5.69 Å². The molecule has 0 bridgehead atoms. The number of hydrogen-bond donors (Lipinski definition) is 1. The van der Waals surface area contributed by atoms with Crippen molar-refractivity contribution in [3.63, 3.8) is 0 Å². The van der Waals surface area contributed by atoms with Gasteiger partial charge in [0.05, 0.1) is 23.5 Å². The molecule has 1 amide bonds. The first-order valence-corrected chi connectivity index (χ1v) is 12.1. The number of nitrogens with two attached hydrogens (primary N) is 1. The Morgan fingerprint density at radius 1 is 1.20 bits per heavy atom. The summed E-state index contributed by atoms with van der Waals surface area (Å²) in [5, 5.41) is 13.8. The van der Waals surface area contributed by atoms with E-state index in [-0.39, 0.29) is 30.2 Å². The number of amides is 1. The van der Waals surface area contributed by atoms with Crippen molar-refractivity contribution in [3.8, 4) is 6.07 Å². The number of pyridine rings is 1. The van der Waals surface area contributed by atoms with Crippen molar-refractivity contribution in [2.45, 2.75) is 58.3 Å². The molecule has 9 nitrogen and oxygen atoms in total. The topological polar surface area (TPSA) is 113 Å². The van der Waals surface area contributed by atoms with E-state index in [4.69, 9.17) is 11.0 Å². The Morgan fingerprint density at radius 2 is 1.89 bits per heavy atom. The van der Waals surface area contributed by atoms with Gasteiger partial charge in [-0.15, -0.1) is 0 Å². The third kappa shape index (κ3) is 4.54. The first kappa shape index (κ1) is 24.5. The van der Waals surface area contributed by atoms with Crippen molar-refractivity contribution in [2.24, 2.45) is 12.8 Å². The summed E-state index contributed by atoms with van der Waals surface area (Å²) in [6, 6.07) is 12.0. The minimum Gasteiger partial charge on any atom is -0.366 e. The van der Waals surface area contributed by atoms with Gasteiger partial charge in [-0.3, -0.25) is 19.2 Å². The molecule has 3 atom stereocenters. The molecular formula is C26H33N7O2. The Kier molecular flexibility index (Phi) is 6.94. The lowest BCUT2D eigenvalue weighted by atomic mass is 9.96. The molecule has 2 aromatic heterocycles. The molecule has 9 heteroatoms. The van der Waals surface area contributed by atoms with Crippen LogP contribution in [0.2, 0.25) is 0 Å². The molecule has 3 heterocycles. The molecule has 1 aromatic carbocycles. The number of hydrogen-bond acceptors (Lipinski definition) is 6. The second-order valence-corrected chi connectivity index (χ2v) is 9.28. The highest BCUT2D eigenvalue weighted by Gasteiger charge is 2.36. The Labute approximate surface area is 205 Å². The fourth-order valence-corrected chi connectivity index (χ4v) is 5.18. The highest BCUT2D eigenvalue weighted by molar-refractivity contribution is 5.92. The Morgan fingerprint density at radius 3 is 2.49 bits per heavy atom. The SMILES string of the molecule is CC[C@H]1CN([C@@H](C)c2ccc(C(N)=O)cc2)[C@H](CC)CN1c1cc(=O)n(C)c2cn(CC#N)nc12. The van der Waals surface area contributed by atoms with E-state index < -0.39 is 5.91 Å². The molecule has 1 saturated heterocycles. The van der Waals surface area contributed by atoms with E-state index in [1.807, 2.05) is 12.1 Å². The quantitative estimate of drug-likeness (QED) is 0.562. The monoisotopic (exact) mass is 475 g/mol. The van der Waals surface area contributed by atoms with Crippen LogP contribution in [0.1, 0.15) is 55.6 Å². The summed E-state index contributed by atoms with van der Waals surface area (Å²) in [6.45, 7) is 8.30. The van der Waals surface area contributed by atoms with E-state index >= 15 is 0 Å². The smallest absolute Gasteiger partial charge is 0.252 e. The predicted octanol–water partition coefficient (Wildman–Crippen LogP) is 2.80. The Balaban J connectivity index is 1.69. The van der Waals surface area contributed by atoms with Crippen LogP contribution in [0.5, 0.6) is 0 Å². The molecule has 0 radical (unpaired) electrons. The molecule has 4 rings (SSSR count). The van der Waals surface area contributed by atoms with Gasteiger partial charge in [-0.2, -0.15) is 10.4 Å². The molecule has 3 aromatic rings. The second-order valence-electron chi connectivity index (χ2n) is 9.28. The van der Waals surface area contributed by atoms with Gasteiger partial charge in [-0.05, 0) is 37.5 Å². The summed E-state index contributed by atoms with van der Waals surface area (Å²) in [4.78, 5) is 29.2. The largest absolute Gasteiger partial charge is 0.366 e. The molecule has 0 aliphatic carbocycles. The van der Waals surface area contributed by atoms with Crippen molar-refractivity contribution in [1.82, 2.24) is 19.2 Å². The van der Waals surface area contributed by atoms with Crippen LogP contribution in [0, 0.1) is 11.3 Å². The molecule has 0 saturated carbocycles. The molecule has 0 unspecified atom stereocenters. The number of piperazine rings is 1. The Hall–Kier alpha value is -3.64. The second kappa shape index (κ2) is 9.92. The van der Waals surface area contributed by atoms with Crippen LogP contribution in [0.15, 0.2) is 41.3 Å². The summed E-state index contributed by atoms with van der Waals surface area (Å²) in [7, 11) is 1.74. The first-order chi connectivity index (χ1) is 16.8. The van der Waals surface area contributed by atoms with Gasteiger partial charge in [0.25, 0.3) is 5.56 Å². The zero-order chi connectivity index (χ0) is 25.3. The van der Waals surface area contributed by atoms with E-state index in [9.17, 15) is 9.59 Å². The summed E-state index contributed by atoms with van der Waals surface area (Å²) in [6.07, 6.45) is 3.64. The summed E-state index contributed by atoms with van der Waals surface area (Å²) < 4.78 is 3.19. The average Bonchev–Trinajstić information content (AvgIpc) is 3.29. The zero-order valence-electron chi connectivity index (χ0n) is 20.8. The fourth-order valence-electron chi connectivity index (χ4n) is 5.18. The van der Waals surface area contributed by atoms with Crippen molar-refractivity contribution in [3.05, 3.63) is 58.0 Å². The van der Waals surface area contributed by atoms with E-state index in [2.05, 4.69) is 41.7 Å². The van der Waals surface area contributed by atoms with Gasteiger partial charge < -0.3 is 15.2 Å². The third-order valence-corrected chi connectivity index (χ3v) is 7.34. The number of rotatable bonds is 7. The molecule has 35 heavy (non-hydrogen) atoms. The minimum atomic E-state index is -0.423. The van der Waals surface area contributed by atoms with Crippen molar-refractivity contribution < 1.29 is 4.79 Å². The van der Waals surface area contributed by atoms with Crippen LogP contribution in [0.3, 0.4) is 0 Å². The third-order valence-electron chi connectivity index (χ3n) is 7.34. The first-order valence-electron chi connectivity index (χ1n) is 12.1. The van der Waals surface area contributed by atoms with Crippen LogP contribution < -0.4 is 16.2 Å². The van der Waals surface area contributed by atoms with Crippen molar-refractivity contribution in [1.29, 1.82) is 5.26 Å². The van der Waals surface area contributed by atoms with Crippen LogP contribution in [-0.2, 0) is 13.6 Å². The van der Waals surface area contributed by atoms with Gasteiger partial charge >= 0.3 is 0 Å². The van der Waals surface area contributed by atoms with Crippen LogP contribution in [-0.4, -0.2) is 50.3 Å². The average molecular weight is 476 g/mol. The molecule has 1 aliphatic rings. The Bertz CT molecular complexity index is 1320. The van der Waals surface area contributed by atoms with Crippen molar-refractivity contribution >= 4 is 22.6 Å².